The highest BCUT2D eigenvalue weighted by Crippen LogP contribution is 1.83. The van der Waals surface area contributed by atoms with Gasteiger partial charge in [-0.3, -0.25) is 4.79 Å². The van der Waals surface area contributed by atoms with Crippen LogP contribution in [-0.2, 0) is 16.1 Å². The van der Waals surface area contributed by atoms with Gasteiger partial charge in [0.1, 0.15) is 19.2 Å². The van der Waals surface area contributed by atoms with Crippen LogP contribution in [0.25, 0.3) is 0 Å². The highest BCUT2D eigenvalue weighted by atomic mass is 16.5. The van der Waals surface area contributed by atoms with Crippen LogP contribution in [0.4, 0.5) is 0 Å². The molecule has 7 nitrogen and oxygen atoms in total. The number of aliphatic hydroxyl groups is 1. The Bertz CT molecular complexity index is 288. The first-order valence-electron chi connectivity index (χ1n) is 4.48. The van der Waals surface area contributed by atoms with Gasteiger partial charge in [-0.1, -0.05) is 0 Å². The summed E-state index contributed by atoms with van der Waals surface area (Å²) in [6.07, 6.45) is 2.12. The van der Waals surface area contributed by atoms with Crippen LogP contribution in [0.3, 0.4) is 0 Å². The summed E-state index contributed by atoms with van der Waals surface area (Å²) in [5, 5.41) is 15.6. The van der Waals surface area contributed by atoms with E-state index in [2.05, 4.69) is 15.4 Å². The molecule has 0 radical (unpaired) electrons. The molecular formula is C8H14N4O3. The van der Waals surface area contributed by atoms with Crippen molar-refractivity contribution >= 4 is 5.91 Å². The number of carbonyl (C=O) groups excluding carboxylic acids is 1. The first kappa shape index (κ1) is 11.6. The van der Waals surface area contributed by atoms with Gasteiger partial charge in [-0.15, -0.1) is 0 Å². The molecule has 2 N–H and O–H groups in total. The quantitative estimate of drug-likeness (QED) is 0.595. The molecule has 84 valence electrons. The molecule has 0 aliphatic heterocycles. The summed E-state index contributed by atoms with van der Waals surface area (Å²) in [4.78, 5) is 15.0. The van der Waals surface area contributed by atoms with Crippen LogP contribution in [0.5, 0.6) is 0 Å². The minimum absolute atomic E-state index is 0.0969. The average molecular weight is 214 g/mol. The van der Waals surface area contributed by atoms with Crippen molar-refractivity contribution < 1.29 is 14.6 Å². The minimum atomic E-state index is -0.685. The van der Waals surface area contributed by atoms with Crippen molar-refractivity contribution in [2.75, 3.05) is 20.3 Å². The summed E-state index contributed by atoms with van der Waals surface area (Å²) in [7, 11) is 1.49. The van der Waals surface area contributed by atoms with E-state index in [-0.39, 0.29) is 25.6 Å². The second kappa shape index (κ2) is 6.10. The summed E-state index contributed by atoms with van der Waals surface area (Å²) in [6.45, 7) is 0.463. The third-order valence-electron chi connectivity index (χ3n) is 1.67. The summed E-state index contributed by atoms with van der Waals surface area (Å²) in [5.41, 5.74) is 0. The summed E-state index contributed by atoms with van der Waals surface area (Å²) < 4.78 is 6.11. The number of amides is 1. The van der Waals surface area contributed by atoms with E-state index < -0.39 is 6.10 Å². The van der Waals surface area contributed by atoms with E-state index in [4.69, 9.17) is 4.74 Å². The lowest BCUT2D eigenvalue weighted by Gasteiger charge is -2.10. The maximum Gasteiger partial charge on any atom is 0.241 e. The van der Waals surface area contributed by atoms with E-state index in [1.807, 2.05) is 0 Å². The molecule has 1 aromatic rings. The number of ether oxygens (including phenoxy) is 1. The summed E-state index contributed by atoms with van der Waals surface area (Å²) in [6, 6.07) is 0. The van der Waals surface area contributed by atoms with Crippen LogP contribution < -0.4 is 5.32 Å². The molecule has 0 aliphatic carbocycles. The molecule has 1 heterocycles. The van der Waals surface area contributed by atoms with Crippen molar-refractivity contribution in [2.45, 2.75) is 12.6 Å². The number of nitrogens with zero attached hydrogens (tertiary/aromatic N) is 3. The van der Waals surface area contributed by atoms with Gasteiger partial charge >= 0.3 is 0 Å². The van der Waals surface area contributed by atoms with Crippen LogP contribution in [0.1, 0.15) is 0 Å². The second-order valence-corrected chi connectivity index (χ2v) is 3.01. The molecule has 1 aromatic heterocycles. The Kier molecular flexibility index (Phi) is 4.72. The van der Waals surface area contributed by atoms with Gasteiger partial charge in [0, 0.05) is 13.7 Å². The lowest BCUT2D eigenvalue weighted by molar-refractivity contribution is -0.122. The number of aliphatic hydroxyl groups excluding tert-OH is 1. The summed E-state index contributed by atoms with van der Waals surface area (Å²) in [5.74, 6) is -0.226. The van der Waals surface area contributed by atoms with Crippen LogP contribution in [0.2, 0.25) is 0 Å². The maximum absolute atomic E-state index is 11.3. The zero-order valence-electron chi connectivity index (χ0n) is 8.46. The maximum atomic E-state index is 11.3. The highest BCUT2D eigenvalue weighted by molar-refractivity contribution is 5.75. The second-order valence-electron chi connectivity index (χ2n) is 3.01. The van der Waals surface area contributed by atoms with E-state index in [9.17, 15) is 9.90 Å². The van der Waals surface area contributed by atoms with Gasteiger partial charge < -0.3 is 15.2 Å². The van der Waals surface area contributed by atoms with Crippen molar-refractivity contribution in [3.63, 3.8) is 0 Å². The molecule has 1 atom stereocenters. The van der Waals surface area contributed by atoms with Crippen LogP contribution >= 0.6 is 0 Å². The van der Waals surface area contributed by atoms with E-state index in [0.29, 0.717) is 0 Å². The number of rotatable bonds is 6. The normalized spacial score (nSPS) is 12.4. The fourth-order valence-electron chi connectivity index (χ4n) is 1.00. The Hall–Kier alpha value is -1.47. The van der Waals surface area contributed by atoms with Gasteiger partial charge in [0.15, 0.2) is 0 Å². The molecule has 0 aliphatic rings. The zero-order chi connectivity index (χ0) is 11.1. The first-order valence-corrected chi connectivity index (χ1v) is 4.48. The van der Waals surface area contributed by atoms with E-state index >= 15 is 0 Å². The number of nitrogens with one attached hydrogen (secondary N) is 1. The van der Waals surface area contributed by atoms with Crippen LogP contribution in [0.15, 0.2) is 12.7 Å². The Morgan fingerprint density at radius 3 is 3.13 bits per heavy atom. The van der Waals surface area contributed by atoms with Gasteiger partial charge in [-0.2, -0.15) is 5.10 Å². The predicted molar refractivity (Wildman–Crippen MR) is 50.9 cm³/mol. The molecule has 0 saturated heterocycles. The van der Waals surface area contributed by atoms with Crippen molar-refractivity contribution in [3.05, 3.63) is 12.7 Å². The zero-order valence-corrected chi connectivity index (χ0v) is 8.46. The largest absolute Gasteiger partial charge is 0.389 e. The SMILES string of the molecule is COCC(O)CNC(=O)Cn1cncn1. The summed E-state index contributed by atoms with van der Waals surface area (Å²) >= 11 is 0. The Morgan fingerprint density at radius 2 is 2.53 bits per heavy atom. The van der Waals surface area contributed by atoms with Crippen LogP contribution in [-0.4, -0.2) is 52.1 Å². The lowest BCUT2D eigenvalue weighted by atomic mass is 10.4. The van der Waals surface area contributed by atoms with Gasteiger partial charge in [0.05, 0.1) is 12.7 Å². The molecular weight excluding hydrogens is 200 g/mol. The van der Waals surface area contributed by atoms with Gasteiger partial charge in [-0.05, 0) is 0 Å². The fourth-order valence-corrected chi connectivity index (χ4v) is 1.00. The molecule has 15 heavy (non-hydrogen) atoms. The average Bonchev–Trinajstić information content (AvgIpc) is 2.68. The fraction of sp³-hybridized carbons (Fsp3) is 0.625. The van der Waals surface area contributed by atoms with Gasteiger partial charge in [-0.25, -0.2) is 9.67 Å². The molecule has 1 amide bonds. The number of aromatic nitrogens is 3. The Morgan fingerprint density at radius 1 is 1.73 bits per heavy atom. The Labute approximate surface area is 87.1 Å². The first-order chi connectivity index (χ1) is 7.22. The standard InChI is InChI=1S/C8H14N4O3/c1-15-4-7(13)2-10-8(14)3-12-6-9-5-11-12/h5-7,13H,2-4H2,1H3,(H,10,14). The van der Waals surface area contributed by atoms with E-state index in [0.717, 1.165) is 0 Å². The molecule has 0 fully saturated rings. The molecule has 0 aromatic carbocycles. The smallest absolute Gasteiger partial charge is 0.241 e. The van der Waals surface area contributed by atoms with E-state index in [1.54, 1.807) is 0 Å². The third-order valence-corrected chi connectivity index (χ3v) is 1.67. The number of hydrogen-bond donors (Lipinski definition) is 2. The number of methoxy groups -OCH3 is 1. The molecule has 1 rings (SSSR count). The van der Waals surface area contributed by atoms with Crippen LogP contribution in [0, 0.1) is 0 Å². The molecule has 0 bridgehead atoms. The molecule has 0 saturated carbocycles. The number of carbonyl (C=O) groups is 1. The molecule has 1 unspecified atom stereocenters. The molecule has 0 spiro atoms. The van der Waals surface area contributed by atoms with Crippen molar-refractivity contribution in [2.24, 2.45) is 0 Å². The Balaban J connectivity index is 2.19. The minimum Gasteiger partial charge on any atom is -0.389 e. The van der Waals surface area contributed by atoms with Gasteiger partial charge in [0.25, 0.3) is 0 Å². The highest BCUT2D eigenvalue weighted by Gasteiger charge is 2.07. The lowest BCUT2D eigenvalue weighted by Crippen LogP contribution is -2.36. The predicted octanol–water partition coefficient (Wildman–Crippen LogP) is -1.60. The van der Waals surface area contributed by atoms with Crippen molar-refractivity contribution in [3.8, 4) is 0 Å². The number of hydrogen-bond acceptors (Lipinski definition) is 5. The van der Waals surface area contributed by atoms with Crippen molar-refractivity contribution in [1.29, 1.82) is 0 Å². The van der Waals surface area contributed by atoms with E-state index in [1.165, 1.54) is 24.4 Å². The third kappa shape index (κ3) is 4.52. The topological polar surface area (TPSA) is 89.3 Å². The van der Waals surface area contributed by atoms with Crippen molar-refractivity contribution in [1.82, 2.24) is 20.1 Å². The molecule has 7 heteroatoms. The van der Waals surface area contributed by atoms with Gasteiger partial charge in [0.2, 0.25) is 5.91 Å². The monoisotopic (exact) mass is 214 g/mol.